The van der Waals surface area contributed by atoms with Gasteiger partial charge in [0.05, 0.1) is 0 Å². The Labute approximate surface area is 74.7 Å². The number of rotatable bonds is 4. The summed E-state index contributed by atoms with van der Waals surface area (Å²) in [6, 6.07) is 0. The molecule has 70 valence electrons. The van der Waals surface area contributed by atoms with Gasteiger partial charge in [0.1, 0.15) is 0 Å². The summed E-state index contributed by atoms with van der Waals surface area (Å²) in [4.78, 5) is 11.3. The van der Waals surface area contributed by atoms with Crippen molar-refractivity contribution in [2.24, 2.45) is 11.8 Å². The second kappa shape index (κ2) is 4.48. The minimum Gasteiger partial charge on any atom is -0.356 e. The highest BCUT2D eigenvalue weighted by Gasteiger charge is 2.28. The first-order chi connectivity index (χ1) is 5.75. The molecule has 1 N–H and O–H groups in total. The molecule has 1 saturated heterocycles. The van der Waals surface area contributed by atoms with Crippen molar-refractivity contribution in [3.63, 3.8) is 0 Å². The molecule has 1 fully saturated rings. The summed E-state index contributed by atoms with van der Waals surface area (Å²) in [7, 11) is 0. The van der Waals surface area contributed by atoms with Crippen LogP contribution in [0.4, 0.5) is 0 Å². The van der Waals surface area contributed by atoms with Crippen LogP contribution in [0.2, 0.25) is 0 Å². The first-order valence-corrected chi connectivity index (χ1v) is 5.03. The van der Waals surface area contributed by atoms with Crippen molar-refractivity contribution in [1.29, 1.82) is 0 Å². The normalized spacial score (nSPS) is 25.5. The smallest absolute Gasteiger partial charge is 0.223 e. The van der Waals surface area contributed by atoms with Crippen LogP contribution in [0.1, 0.15) is 39.5 Å². The second-order valence-electron chi connectivity index (χ2n) is 3.81. The van der Waals surface area contributed by atoms with Gasteiger partial charge < -0.3 is 5.32 Å². The lowest BCUT2D eigenvalue weighted by Crippen LogP contribution is -2.23. The number of carbonyl (C=O) groups is 1. The van der Waals surface area contributed by atoms with Crippen LogP contribution in [0.25, 0.3) is 0 Å². The zero-order chi connectivity index (χ0) is 8.97. The van der Waals surface area contributed by atoms with E-state index in [1.165, 1.54) is 19.3 Å². The predicted octanol–water partition coefficient (Wildman–Crippen LogP) is 1.95. The molecule has 2 unspecified atom stereocenters. The zero-order valence-electron chi connectivity index (χ0n) is 8.10. The molecule has 0 aliphatic carbocycles. The van der Waals surface area contributed by atoms with Gasteiger partial charge in [-0.1, -0.05) is 26.7 Å². The summed E-state index contributed by atoms with van der Waals surface area (Å²) in [6.45, 7) is 5.28. The summed E-state index contributed by atoms with van der Waals surface area (Å²) < 4.78 is 0. The van der Waals surface area contributed by atoms with Crippen LogP contribution in [0.5, 0.6) is 0 Å². The first kappa shape index (κ1) is 9.56. The van der Waals surface area contributed by atoms with Gasteiger partial charge in [0.2, 0.25) is 5.91 Å². The molecule has 12 heavy (non-hydrogen) atoms. The third kappa shape index (κ3) is 2.23. The number of hydrogen-bond acceptors (Lipinski definition) is 1. The van der Waals surface area contributed by atoms with Crippen LogP contribution in [0.15, 0.2) is 0 Å². The third-order valence-electron chi connectivity index (χ3n) is 2.79. The van der Waals surface area contributed by atoms with Crippen molar-refractivity contribution in [3.8, 4) is 0 Å². The van der Waals surface area contributed by atoms with Crippen LogP contribution in [0, 0.1) is 11.8 Å². The highest BCUT2D eigenvalue weighted by molar-refractivity contribution is 5.80. The van der Waals surface area contributed by atoms with Crippen LogP contribution < -0.4 is 5.32 Å². The van der Waals surface area contributed by atoms with Gasteiger partial charge in [-0.25, -0.2) is 0 Å². The molecule has 2 heteroatoms. The van der Waals surface area contributed by atoms with Crippen molar-refractivity contribution in [3.05, 3.63) is 0 Å². The van der Waals surface area contributed by atoms with Crippen molar-refractivity contribution in [2.45, 2.75) is 39.5 Å². The molecule has 0 aromatic heterocycles. The first-order valence-electron chi connectivity index (χ1n) is 5.03. The number of unbranched alkanes of at least 4 members (excludes halogenated alkanes) is 1. The molecule has 1 amide bonds. The molecule has 0 radical (unpaired) electrons. The van der Waals surface area contributed by atoms with Gasteiger partial charge in [-0.2, -0.15) is 0 Å². The lowest BCUT2D eigenvalue weighted by molar-refractivity contribution is -0.123. The molecule has 1 aliphatic rings. The number of amides is 1. The van der Waals surface area contributed by atoms with E-state index in [0.717, 1.165) is 13.0 Å². The molecular weight excluding hydrogens is 150 g/mol. The summed E-state index contributed by atoms with van der Waals surface area (Å²) in [5.41, 5.74) is 0. The fourth-order valence-electron chi connectivity index (χ4n) is 1.88. The van der Waals surface area contributed by atoms with E-state index in [4.69, 9.17) is 0 Å². The largest absolute Gasteiger partial charge is 0.356 e. The van der Waals surface area contributed by atoms with Gasteiger partial charge in [-0.05, 0) is 18.8 Å². The number of hydrogen-bond donors (Lipinski definition) is 1. The van der Waals surface area contributed by atoms with Gasteiger partial charge >= 0.3 is 0 Å². The van der Waals surface area contributed by atoms with Gasteiger partial charge in [0, 0.05) is 12.5 Å². The Kier molecular flexibility index (Phi) is 3.57. The van der Waals surface area contributed by atoms with Crippen LogP contribution in [-0.4, -0.2) is 12.5 Å². The summed E-state index contributed by atoms with van der Waals surface area (Å²) in [5, 5.41) is 2.89. The lowest BCUT2D eigenvalue weighted by atomic mass is 9.88. The molecule has 2 atom stereocenters. The standard InChI is InChI=1S/C10H19NO/c1-3-4-5-8(2)9-6-7-11-10(9)12/h8-9H,3-7H2,1-2H3,(H,11,12). The molecule has 0 aromatic rings. The van der Waals surface area contributed by atoms with Gasteiger partial charge in [-0.15, -0.1) is 0 Å². The van der Waals surface area contributed by atoms with Gasteiger partial charge in [0.25, 0.3) is 0 Å². The Morgan fingerprint density at radius 3 is 2.92 bits per heavy atom. The van der Waals surface area contributed by atoms with Crippen LogP contribution in [0.3, 0.4) is 0 Å². The number of nitrogens with one attached hydrogen (secondary N) is 1. The summed E-state index contributed by atoms with van der Waals surface area (Å²) >= 11 is 0. The molecule has 0 aromatic carbocycles. The maximum atomic E-state index is 11.3. The minimum absolute atomic E-state index is 0.276. The van der Waals surface area contributed by atoms with E-state index >= 15 is 0 Å². The fourth-order valence-corrected chi connectivity index (χ4v) is 1.88. The van der Waals surface area contributed by atoms with Gasteiger partial charge in [-0.3, -0.25) is 4.79 Å². The van der Waals surface area contributed by atoms with Crippen molar-refractivity contribution in [2.75, 3.05) is 6.54 Å². The van der Waals surface area contributed by atoms with E-state index in [2.05, 4.69) is 19.2 Å². The quantitative estimate of drug-likeness (QED) is 0.684. The Morgan fingerprint density at radius 1 is 1.67 bits per heavy atom. The summed E-state index contributed by atoms with van der Waals surface area (Å²) in [6.07, 6.45) is 4.74. The van der Waals surface area contributed by atoms with E-state index in [1.807, 2.05) is 0 Å². The SMILES string of the molecule is CCCCC(C)C1CCNC1=O. The Hall–Kier alpha value is -0.530. The van der Waals surface area contributed by atoms with Crippen LogP contribution >= 0.6 is 0 Å². The fraction of sp³-hybridized carbons (Fsp3) is 0.900. The molecular formula is C10H19NO. The topological polar surface area (TPSA) is 29.1 Å². The van der Waals surface area contributed by atoms with E-state index in [1.54, 1.807) is 0 Å². The Bertz CT molecular complexity index is 156. The minimum atomic E-state index is 0.276. The van der Waals surface area contributed by atoms with E-state index in [0.29, 0.717) is 11.8 Å². The average Bonchev–Trinajstić information content (AvgIpc) is 2.47. The van der Waals surface area contributed by atoms with E-state index in [-0.39, 0.29) is 5.91 Å². The van der Waals surface area contributed by atoms with E-state index < -0.39 is 0 Å². The Morgan fingerprint density at radius 2 is 2.42 bits per heavy atom. The average molecular weight is 169 g/mol. The molecule has 0 bridgehead atoms. The number of carbonyl (C=O) groups excluding carboxylic acids is 1. The monoisotopic (exact) mass is 169 g/mol. The maximum absolute atomic E-state index is 11.3. The molecule has 0 saturated carbocycles. The van der Waals surface area contributed by atoms with Crippen molar-refractivity contribution in [1.82, 2.24) is 5.32 Å². The van der Waals surface area contributed by atoms with Crippen molar-refractivity contribution < 1.29 is 4.79 Å². The maximum Gasteiger partial charge on any atom is 0.223 e. The van der Waals surface area contributed by atoms with Crippen molar-refractivity contribution >= 4 is 5.91 Å². The van der Waals surface area contributed by atoms with Crippen LogP contribution in [-0.2, 0) is 4.79 Å². The predicted molar refractivity (Wildman–Crippen MR) is 49.8 cm³/mol. The molecule has 0 spiro atoms. The highest BCUT2D eigenvalue weighted by atomic mass is 16.2. The molecule has 2 nitrogen and oxygen atoms in total. The van der Waals surface area contributed by atoms with Gasteiger partial charge in [0.15, 0.2) is 0 Å². The highest BCUT2D eigenvalue weighted by Crippen LogP contribution is 2.24. The zero-order valence-corrected chi connectivity index (χ0v) is 8.10. The molecule has 1 rings (SSSR count). The van der Waals surface area contributed by atoms with E-state index in [9.17, 15) is 4.79 Å². The third-order valence-corrected chi connectivity index (χ3v) is 2.79. The molecule has 1 heterocycles. The Balaban J connectivity index is 2.30. The molecule has 1 aliphatic heterocycles. The lowest BCUT2D eigenvalue weighted by Gasteiger charge is -2.15. The second-order valence-corrected chi connectivity index (χ2v) is 3.81. The summed E-state index contributed by atoms with van der Waals surface area (Å²) in [5.74, 6) is 1.16.